The van der Waals surface area contributed by atoms with Crippen LogP contribution in [0.3, 0.4) is 0 Å². The van der Waals surface area contributed by atoms with Gasteiger partial charge in [-0.05, 0) is 18.4 Å². The lowest BCUT2D eigenvalue weighted by Gasteiger charge is -1.93. The summed E-state index contributed by atoms with van der Waals surface area (Å²) in [6, 6.07) is 10.8. The maximum absolute atomic E-state index is 7.60. The minimum absolute atomic E-state index is 0.418. The number of allylic oxidation sites excluding steroid dienone is 2. The zero-order chi connectivity index (χ0) is 10.2. The summed E-state index contributed by atoms with van der Waals surface area (Å²) in [6.07, 6.45) is 4.29. The van der Waals surface area contributed by atoms with Crippen molar-refractivity contribution < 1.29 is 2.74 Å². The van der Waals surface area contributed by atoms with Crippen LogP contribution in [0.15, 0.2) is 42.5 Å². The Morgan fingerprint density at radius 2 is 2.25 bits per heavy atom. The van der Waals surface area contributed by atoms with Crippen molar-refractivity contribution in [3.63, 3.8) is 0 Å². The molecule has 0 saturated heterocycles. The van der Waals surface area contributed by atoms with Gasteiger partial charge in [-0.25, -0.2) is 0 Å². The first-order valence-electron chi connectivity index (χ1n) is 5.52. The second kappa shape index (κ2) is 5.59. The Labute approximate surface area is 77.7 Å². The van der Waals surface area contributed by atoms with Crippen LogP contribution in [0.25, 0.3) is 0 Å². The summed E-state index contributed by atoms with van der Waals surface area (Å²) in [6.45, 7) is 0.418. The van der Waals surface area contributed by atoms with Crippen LogP contribution in [0.5, 0.6) is 0 Å². The van der Waals surface area contributed by atoms with E-state index < -0.39 is 0 Å². The van der Waals surface area contributed by atoms with E-state index in [1.54, 1.807) is 0 Å². The van der Waals surface area contributed by atoms with E-state index in [1.807, 2.05) is 24.3 Å². The van der Waals surface area contributed by atoms with Gasteiger partial charge in [0.15, 0.2) is 0 Å². The molecule has 1 aromatic carbocycles. The molecule has 0 unspecified atom stereocenters. The molecule has 0 amide bonds. The van der Waals surface area contributed by atoms with Gasteiger partial charge in [-0.3, -0.25) is 0 Å². The largest absolute Gasteiger partial charge is 0.0882 e. The average molecular weight is 162 g/mol. The molecular weight excluding hydrogens is 144 g/mol. The Bertz CT molecular complexity index is 278. The summed E-state index contributed by atoms with van der Waals surface area (Å²) in [5, 5.41) is 0. The van der Waals surface area contributed by atoms with E-state index in [1.165, 1.54) is 5.56 Å². The maximum atomic E-state index is 7.60. The highest BCUT2D eigenvalue weighted by Gasteiger charge is 1.84. The van der Waals surface area contributed by atoms with Gasteiger partial charge >= 0.3 is 0 Å². The second-order valence-corrected chi connectivity index (χ2v) is 2.70. The first kappa shape index (κ1) is 6.47. The van der Waals surface area contributed by atoms with Gasteiger partial charge in [-0.15, -0.1) is 0 Å². The first-order chi connectivity index (χ1) is 6.83. The molecule has 1 rings (SSSR count). The predicted molar refractivity (Wildman–Crippen MR) is 54.2 cm³/mol. The first-order valence-corrected chi connectivity index (χ1v) is 4.31. The van der Waals surface area contributed by atoms with Crippen LogP contribution in [0, 0.1) is 0 Å². The monoisotopic (exact) mass is 162 g/mol. The van der Waals surface area contributed by atoms with Crippen LogP contribution in [0.2, 0.25) is 0 Å². The van der Waals surface area contributed by atoms with Crippen molar-refractivity contribution in [1.82, 2.24) is 0 Å². The molecule has 0 aliphatic rings. The molecule has 0 atom stereocenters. The van der Waals surface area contributed by atoms with Gasteiger partial charge in [0.1, 0.15) is 0 Å². The standard InChI is InChI=1S/C12H16/c1-2-3-4-6-9-12-10-7-5-8-11-12/h4-8,10-11H,2-3,9H2,1H3/b6-4-/i1D,4D. The molecule has 64 valence electrons. The zero-order valence-electron chi connectivity index (χ0n) is 9.29. The molecule has 0 spiro atoms. The molecule has 0 bridgehead atoms. The van der Waals surface area contributed by atoms with Crippen molar-refractivity contribution >= 4 is 0 Å². The van der Waals surface area contributed by atoms with Gasteiger partial charge in [-0.1, -0.05) is 55.8 Å². The molecule has 0 N–H and O–H groups in total. The Balaban J connectivity index is 2.39. The fourth-order valence-electron chi connectivity index (χ4n) is 1.01. The number of benzene rings is 1. The molecule has 0 aliphatic carbocycles. The molecule has 0 radical (unpaired) electrons. The lowest BCUT2D eigenvalue weighted by Crippen LogP contribution is -1.77. The number of rotatable bonds is 4. The van der Waals surface area contributed by atoms with Gasteiger partial charge < -0.3 is 0 Å². The van der Waals surface area contributed by atoms with E-state index in [0.717, 1.165) is 19.3 Å². The van der Waals surface area contributed by atoms with E-state index in [0.29, 0.717) is 13.0 Å². The van der Waals surface area contributed by atoms with Crippen molar-refractivity contribution in [1.29, 1.82) is 0 Å². The molecule has 0 aliphatic heterocycles. The van der Waals surface area contributed by atoms with E-state index >= 15 is 0 Å². The minimum Gasteiger partial charge on any atom is -0.0882 e. The maximum Gasteiger partial charge on any atom is 0.0573 e. The summed E-state index contributed by atoms with van der Waals surface area (Å²) in [5.74, 6) is 0. The molecule has 12 heavy (non-hydrogen) atoms. The van der Waals surface area contributed by atoms with E-state index in [2.05, 4.69) is 12.1 Å². The zero-order valence-corrected chi connectivity index (χ0v) is 7.29. The lowest BCUT2D eigenvalue weighted by atomic mass is 10.1. The summed E-state index contributed by atoms with van der Waals surface area (Å²) in [7, 11) is 0. The molecule has 0 heteroatoms. The second-order valence-electron chi connectivity index (χ2n) is 2.70. The van der Waals surface area contributed by atoms with Gasteiger partial charge in [0.2, 0.25) is 0 Å². The fourth-order valence-corrected chi connectivity index (χ4v) is 1.01. The SMILES string of the molecule is [2H]CCC/C([2H])=C\Cc1ccccc1. The normalized spacial score (nSPS) is 13.8. The van der Waals surface area contributed by atoms with E-state index in [-0.39, 0.29) is 0 Å². The summed E-state index contributed by atoms with van der Waals surface area (Å²) in [4.78, 5) is 0. The third kappa shape index (κ3) is 3.38. The van der Waals surface area contributed by atoms with Crippen LogP contribution in [0.1, 0.15) is 28.0 Å². The van der Waals surface area contributed by atoms with E-state index in [4.69, 9.17) is 2.74 Å². The van der Waals surface area contributed by atoms with Gasteiger partial charge in [0.05, 0.1) is 1.37 Å². The molecule has 0 nitrogen and oxygen atoms in total. The highest BCUT2D eigenvalue weighted by molar-refractivity contribution is 5.17. The van der Waals surface area contributed by atoms with Crippen molar-refractivity contribution in [2.24, 2.45) is 0 Å². The summed E-state index contributed by atoms with van der Waals surface area (Å²) in [5.41, 5.74) is 1.24. The lowest BCUT2D eigenvalue weighted by molar-refractivity contribution is 0.953. The molecule has 0 fully saturated rings. The van der Waals surface area contributed by atoms with Crippen LogP contribution in [-0.4, -0.2) is 0 Å². The molecule has 1 aromatic rings. The van der Waals surface area contributed by atoms with Crippen LogP contribution in [-0.2, 0) is 6.42 Å². The third-order valence-corrected chi connectivity index (χ3v) is 1.65. The van der Waals surface area contributed by atoms with Gasteiger partial charge in [0, 0.05) is 1.37 Å². The highest BCUT2D eigenvalue weighted by atomic mass is 13.9. The van der Waals surface area contributed by atoms with Crippen molar-refractivity contribution in [2.75, 3.05) is 0 Å². The predicted octanol–water partition coefficient (Wildman–Crippen LogP) is 3.59. The van der Waals surface area contributed by atoms with Crippen molar-refractivity contribution in [3.05, 3.63) is 48.0 Å². The third-order valence-electron chi connectivity index (χ3n) is 1.65. The van der Waals surface area contributed by atoms with Crippen LogP contribution >= 0.6 is 0 Å². The van der Waals surface area contributed by atoms with Gasteiger partial charge in [0.25, 0.3) is 0 Å². The van der Waals surface area contributed by atoms with Crippen LogP contribution in [0.4, 0.5) is 0 Å². The van der Waals surface area contributed by atoms with Gasteiger partial charge in [-0.2, -0.15) is 0 Å². The average Bonchev–Trinajstić information content (AvgIpc) is 2.25. The number of hydrogen-bond donors (Lipinski definition) is 0. The molecule has 0 heterocycles. The van der Waals surface area contributed by atoms with E-state index in [9.17, 15) is 0 Å². The Hall–Kier alpha value is -1.04. The van der Waals surface area contributed by atoms with Crippen molar-refractivity contribution in [3.8, 4) is 0 Å². The highest BCUT2D eigenvalue weighted by Crippen LogP contribution is 2.00. The molecular formula is C12H16. The Morgan fingerprint density at radius 3 is 3.00 bits per heavy atom. The summed E-state index contributed by atoms with van der Waals surface area (Å²) < 4.78 is 14.6. The topological polar surface area (TPSA) is 0 Å². The fraction of sp³-hybridized carbons (Fsp3) is 0.333. The number of hydrogen-bond acceptors (Lipinski definition) is 0. The summed E-state index contributed by atoms with van der Waals surface area (Å²) >= 11 is 0. The Kier molecular flexibility index (Phi) is 3.02. The quantitative estimate of drug-likeness (QED) is 0.593. The molecule has 0 saturated carbocycles. The minimum atomic E-state index is 0.418. The molecule has 0 aromatic heterocycles. The Morgan fingerprint density at radius 1 is 1.42 bits per heavy atom. The smallest absolute Gasteiger partial charge is 0.0573 e. The van der Waals surface area contributed by atoms with Crippen LogP contribution < -0.4 is 0 Å². The van der Waals surface area contributed by atoms with Crippen molar-refractivity contribution in [2.45, 2.75) is 26.2 Å².